The molecule has 0 saturated carbocycles. The molecule has 1 heteroatoms. The van der Waals surface area contributed by atoms with Gasteiger partial charge in [-0.1, -0.05) is 23.3 Å². The van der Waals surface area contributed by atoms with Crippen molar-refractivity contribution in [3.8, 4) is 0 Å². The average Bonchev–Trinajstić information content (AvgIpc) is 1.59. The van der Waals surface area contributed by atoms with Crippen LogP contribution >= 0.6 is 0 Å². The molecule has 1 atom stereocenters. The van der Waals surface area contributed by atoms with Gasteiger partial charge in [-0.05, 0) is 20.3 Å². The lowest BCUT2D eigenvalue weighted by Crippen LogP contribution is -2.19. The smallest absolute Gasteiger partial charge is 0.0267 e. The van der Waals surface area contributed by atoms with Crippen LogP contribution < -0.4 is 5.73 Å². The molecule has 0 aliphatic heterocycles. The van der Waals surface area contributed by atoms with E-state index in [0.717, 1.165) is 6.42 Å². The van der Waals surface area contributed by atoms with Gasteiger partial charge in [0.1, 0.15) is 0 Å². The van der Waals surface area contributed by atoms with E-state index < -0.39 is 0 Å². The van der Waals surface area contributed by atoms with Gasteiger partial charge in [0.2, 0.25) is 0 Å². The summed E-state index contributed by atoms with van der Waals surface area (Å²) in [6, 6.07) is 0.259. The van der Waals surface area contributed by atoms with Crippen LogP contribution in [0.3, 0.4) is 0 Å². The van der Waals surface area contributed by atoms with Crippen molar-refractivity contribution in [2.45, 2.75) is 26.3 Å². The van der Waals surface area contributed by atoms with Gasteiger partial charge in [-0.3, -0.25) is 0 Å². The normalized spacial score (nSPS) is 27.2. The molecular formula is C8H13N. The highest BCUT2D eigenvalue weighted by Gasteiger charge is 2.04. The van der Waals surface area contributed by atoms with Crippen molar-refractivity contribution < 1.29 is 0 Å². The quantitative estimate of drug-likeness (QED) is 0.520. The van der Waals surface area contributed by atoms with Crippen LogP contribution in [0, 0.1) is 0 Å². The number of hydrogen-bond donors (Lipinski definition) is 1. The van der Waals surface area contributed by atoms with Gasteiger partial charge in [0.15, 0.2) is 0 Å². The second-order valence-electron chi connectivity index (χ2n) is 2.77. The van der Waals surface area contributed by atoms with Crippen LogP contribution in [0.1, 0.15) is 20.3 Å². The molecule has 0 fully saturated rings. The molecule has 0 aromatic heterocycles. The first kappa shape index (κ1) is 6.56. The zero-order valence-corrected chi connectivity index (χ0v) is 6.02. The summed E-state index contributed by atoms with van der Waals surface area (Å²) in [6.45, 7) is 4.21. The molecule has 0 aromatic carbocycles. The number of rotatable bonds is 0. The Bertz CT molecular complexity index is 165. The summed E-state index contributed by atoms with van der Waals surface area (Å²) in [6.07, 6.45) is 5.31. The molecule has 9 heavy (non-hydrogen) atoms. The Morgan fingerprint density at radius 2 is 2.22 bits per heavy atom. The Balaban J connectivity index is 2.74. The van der Waals surface area contributed by atoms with Gasteiger partial charge in [-0.2, -0.15) is 0 Å². The van der Waals surface area contributed by atoms with Crippen molar-refractivity contribution in [1.29, 1.82) is 0 Å². The van der Waals surface area contributed by atoms with Crippen LogP contribution in [-0.4, -0.2) is 6.04 Å². The van der Waals surface area contributed by atoms with Crippen LogP contribution in [0.25, 0.3) is 0 Å². The van der Waals surface area contributed by atoms with Crippen LogP contribution in [0.2, 0.25) is 0 Å². The van der Waals surface area contributed by atoms with Gasteiger partial charge in [0.05, 0.1) is 0 Å². The summed E-state index contributed by atoms with van der Waals surface area (Å²) in [5.41, 5.74) is 8.39. The van der Waals surface area contributed by atoms with Gasteiger partial charge in [0, 0.05) is 6.04 Å². The van der Waals surface area contributed by atoms with Crippen LogP contribution in [0.5, 0.6) is 0 Å². The summed E-state index contributed by atoms with van der Waals surface area (Å²) >= 11 is 0. The predicted molar refractivity (Wildman–Crippen MR) is 40.1 cm³/mol. The van der Waals surface area contributed by atoms with Crippen molar-refractivity contribution in [1.82, 2.24) is 0 Å². The molecule has 0 amide bonds. The molecule has 1 aliphatic carbocycles. The average molecular weight is 123 g/mol. The lowest BCUT2D eigenvalue weighted by molar-refractivity contribution is 0.782. The Morgan fingerprint density at radius 1 is 1.56 bits per heavy atom. The molecule has 1 nitrogen and oxygen atoms in total. The maximum atomic E-state index is 5.70. The Morgan fingerprint density at radius 3 is 2.67 bits per heavy atom. The SMILES string of the molecule is CC1=C[C@@H](N)CC(C)=C1. The molecular weight excluding hydrogens is 110 g/mol. The lowest BCUT2D eigenvalue weighted by atomic mass is 9.98. The molecule has 0 unspecified atom stereocenters. The fourth-order valence-corrected chi connectivity index (χ4v) is 1.26. The molecule has 1 aliphatic rings. The van der Waals surface area contributed by atoms with E-state index >= 15 is 0 Å². The van der Waals surface area contributed by atoms with Crippen LogP contribution in [-0.2, 0) is 0 Å². The van der Waals surface area contributed by atoms with E-state index in [4.69, 9.17) is 5.73 Å². The first-order valence-corrected chi connectivity index (χ1v) is 3.29. The molecule has 0 aromatic rings. The third kappa shape index (κ3) is 1.68. The molecule has 50 valence electrons. The Labute approximate surface area is 56.2 Å². The van der Waals surface area contributed by atoms with Gasteiger partial charge < -0.3 is 5.73 Å². The minimum Gasteiger partial charge on any atom is -0.324 e. The van der Waals surface area contributed by atoms with E-state index in [1.807, 2.05) is 0 Å². The second kappa shape index (κ2) is 2.36. The summed E-state index contributed by atoms with van der Waals surface area (Å²) in [5.74, 6) is 0. The summed E-state index contributed by atoms with van der Waals surface area (Å²) in [5, 5.41) is 0. The van der Waals surface area contributed by atoms with Crippen molar-refractivity contribution in [2.75, 3.05) is 0 Å². The molecule has 0 saturated heterocycles. The van der Waals surface area contributed by atoms with Crippen molar-refractivity contribution in [2.24, 2.45) is 5.73 Å². The highest BCUT2D eigenvalue weighted by atomic mass is 14.6. The highest BCUT2D eigenvalue weighted by molar-refractivity contribution is 5.27. The van der Waals surface area contributed by atoms with Crippen molar-refractivity contribution in [3.05, 3.63) is 23.3 Å². The maximum absolute atomic E-state index is 5.70. The van der Waals surface area contributed by atoms with E-state index in [0.29, 0.717) is 0 Å². The highest BCUT2D eigenvalue weighted by Crippen LogP contribution is 2.14. The number of nitrogens with two attached hydrogens (primary N) is 1. The third-order valence-electron chi connectivity index (χ3n) is 1.51. The van der Waals surface area contributed by atoms with Crippen molar-refractivity contribution in [3.63, 3.8) is 0 Å². The van der Waals surface area contributed by atoms with Crippen molar-refractivity contribution >= 4 is 0 Å². The van der Waals surface area contributed by atoms with Crippen LogP contribution in [0.4, 0.5) is 0 Å². The Hall–Kier alpha value is -0.560. The van der Waals surface area contributed by atoms with Gasteiger partial charge in [-0.25, -0.2) is 0 Å². The molecule has 0 bridgehead atoms. The lowest BCUT2D eigenvalue weighted by Gasteiger charge is -2.13. The summed E-state index contributed by atoms with van der Waals surface area (Å²) in [7, 11) is 0. The fraction of sp³-hybridized carbons (Fsp3) is 0.500. The second-order valence-corrected chi connectivity index (χ2v) is 2.77. The van der Waals surface area contributed by atoms with E-state index in [1.165, 1.54) is 11.1 Å². The monoisotopic (exact) mass is 123 g/mol. The van der Waals surface area contributed by atoms with Crippen LogP contribution in [0.15, 0.2) is 23.3 Å². The standard InChI is InChI=1S/C8H13N/c1-6-3-7(2)5-8(9)4-6/h3-4,8H,5,9H2,1-2H3/t8-/m1/s1. The zero-order valence-electron chi connectivity index (χ0n) is 6.02. The molecule has 0 heterocycles. The molecule has 0 spiro atoms. The molecule has 0 radical (unpaired) electrons. The van der Waals surface area contributed by atoms with E-state index in [1.54, 1.807) is 0 Å². The van der Waals surface area contributed by atoms with Gasteiger partial charge >= 0.3 is 0 Å². The largest absolute Gasteiger partial charge is 0.324 e. The molecule has 2 N–H and O–H groups in total. The van der Waals surface area contributed by atoms with Gasteiger partial charge in [-0.15, -0.1) is 0 Å². The topological polar surface area (TPSA) is 26.0 Å². The predicted octanol–water partition coefficient (Wildman–Crippen LogP) is 1.61. The van der Waals surface area contributed by atoms with E-state index in [-0.39, 0.29) is 6.04 Å². The minimum absolute atomic E-state index is 0.259. The maximum Gasteiger partial charge on any atom is 0.0267 e. The fourth-order valence-electron chi connectivity index (χ4n) is 1.26. The van der Waals surface area contributed by atoms with Gasteiger partial charge in [0.25, 0.3) is 0 Å². The molecule has 1 rings (SSSR count). The Kier molecular flexibility index (Phi) is 1.72. The summed E-state index contributed by atoms with van der Waals surface area (Å²) in [4.78, 5) is 0. The number of allylic oxidation sites excluding steroid dienone is 2. The minimum atomic E-state index is 0.259. The van der Waals surface area contributed by atoms with E-state index in [2.05, 4.69) is 26.0 Å². The number of hydrogen-bond acceptors (Lipinski definition) is 1. The third-order valence-corrected chi connectivity index (χ3v) is 1.51. The first-order valence-electron chi connectivity index (χ1n) is 3.29. The zero-order chi connectivity index (χ0) is 6.85. The summed E-state index contributed by atoms with van der Waals surface area (Å²) < 4.78 is 0. The first-order chi connectivity index (χ1) is 4.18. The van der Waals surface area contributed by atoms with E-state index in [9.17, 15) is 0 Å².